The van der Waals surface area contributed by atoms with Gasteiger partial charge in [-0.2, -0.15) is 0 Å². The Balaban J connectivity index is 0.000000619. The van der Waals surface area contributed by atoms with Crippen molar-refractivity contribution in [3.8, 4) is 0 Å². The van der Waals surface area contributed by atoms with Gasteiger partial charge in [0.25, 0.3) is 11.8 Å². The van der Waals surface area contributed by atoms with Crippen LogP contribution in [0.5, 0.6) is 0 Å². The molecule has 2 aromatic rings. The third-order valence-corrected chi connectivity index (χ3v) is 19.0. The molecular weight excluding hydrogens is 1300 g/mol. The summed E-state index contributed by atoms with van der Waals surface area (Å²) >= 11 is 0. The van der Waals surface area contributed by atoms with E-state index in [1.54, 1.807) is 66.2 Å². The number of likely N-dealkylation sites (tertiary alicyclic amines) is 1. The Morgan fingerprint density at radius 1 is 0.703 bits per heavy atom. The van der Waals surface area contributed by atoms with Crippen LogP contribution in [0.2, 0.25) is 0 Å². The highest BCUT2D eigenvalue weighted by atomic mass is 16.7. The summed E-state index contributed by atoms with van der Waals surface area (Å²) < 4.78 is 17.0. The minimum absolute atomic E-state index is 0.00153. The van der Waals surface area contributed by atoms with Gasteiger partial charge in [-0.3, -0.25) is 43.2 Å². The van der Waals surface area contributed by atoms with Gasteiger partial charge in [0.05, 0.1) is 42.7 Å². The zero-order valence-corrected chi connectivity index (χ0v) is 62.2. The van der Waals surface area contributed by atoms with Crippen LogP contribution >= 0.6 is 0 Å². The van der Waals surface area contributed by atoms with Gasteiger partial charge < -0.3 is 65.9 Å². The first-order valence-electron chi connectivity index (χ1n) is 35.5. The number of anilines is 1. The lowest BCUT2D eigenvalue weighted by Gasteiger charge is -2.35. The molecule has 0 saturated carbocycles. The average Bonchev–Trinajstić information content (AvgIpc) is 1.72. The molecule has 0 bridgehead atoms. The molecule has 0 radical (unpaired) electrons. The molecule has 0 aliphatic carbocycles. The Kier molecular flexibility index (Phi) is 38.0. The van der Waals surface area contributed by atoms with Gasteiger partial charge in [0.2, 0.25) is 29.5 Å². The number of imide groups is 1. The molecule has 2 saturated heterocycles. The number of ether oxygens (including phenoxy) is 3. The number of urea groups is 1. The lowest BCUT2D eigenvalue weighted by atomic mass is 9.85. The van der Waals surface area contributed by atoms with Crippen LogP contribution < -0.4 is 27.0 Å². The van der Waals surface area contributed by atoms with Crippen molar-refractivity contribution < 1.29 is 86.5 Å². The number of nitrogens with zero attached hydrogens (tertiary/aromatic N) is 4. The third-order valence-electron chi connectivity index (χ3n) is 19.0. The number of unbranched alkanes of at least 4 members (excludes halogenated alkanes) is 3. The van der Waals surface area contributed by atoms with Crippen LogP contribution in [-0.2, 0) is 84.8 Å². The number of carbonyl (C=O) groups excluding carboxylic acids is 12. The number of primary amides is 1. The molecule has 0 spiro atoms. The number of aliphatic carboxylic acids is 1. The second-order valence-electron chi connectivity index (χ2n) is 27.9. The van der Waals surface area contributed by atoms with Crippen LogP contribution in [0.3, 0.4) is 0 Å². The SMILES string of the molecule is CC(C)[C@H](CC(=O)[C@H](C(C)C)N(C)C(=O)OCc1ccc(NC(=O)[C@H](CCCNC(N)=O)CC(=O)[C@@H](NC(=O)CCCCCCC(=O)ON2C(=O)CCC2=O)C(C)C)cc1)C(=O)N(C)C.CC[C@H](C)[C@H](C)[C@@H](CC(=O)N1CCC[C@H]1[C@H](OC)[C@@H](C)C(=O)N[C@@H](Cc1ccccc1)C(=O)O)OC. The fraction of sp³-hybridized carbons (Fsp3) is 0.662. The smallest absolute Gasteiger partial charge is 0.410 e. The van der Waals surface area contributed by atoms with Gasteiger partial charge in [0, 0.05) is 111 Å². The lowest BCUT2D eigenvalue weighted by Crippen LogP contribution is -2.52. The number of hydroxylamine groups is 2. The van der Waals surface area contributed by atoms with Gasteiger partial charge in [-0.15, -0.1) is 5.06 Å². The standard InChI is InChI=1S/C46H71N7O12.C28H44N2O6/c1-28(2)34(44(61)51(7)8)26-36(55)42(30(5)6)52(9)46(63)64-27-31-18-20-33(21-19-31)49-43(60)32(15-14-24-48-45(47)62)25-35(54)41(29(3)4)50-37(56)16-12-10-11-13-17-40(59)65-53-38(57)22-23-39(53)58;1-7-18(2)19(3)24(35-5)17-25(31)30-15-11-14-23(30)26(36-6)20(4)27(32)29-22(28(33)34)16-21-12-9-8-10-13-21/h18-21,28-30,32,34,41-42H,10-17,22-27H2,1-9H3,(H,49,60)(H,50,56)(H3,47,48,62);8-10,12-13,18-20,22-24,26H,7,11,14-17H2,1-6H3,(H,29,32)(H,33,34)/t32-,34+,41+,42+;18-,19-,20+,22-,23-,24+,26+/m10/s1. The number of amides is 10. The fourth-order valence-corrected chi connectivity index (χ4v) is 12.6. The molecule has 4 rings (SSSR count). The first-order chi connectivity index (χ1) is 47.7. The molecular formula is C74H115N9O18. The van der Waals surface area contributed by atoms with Crippen molar-refractivity contribution in [1.82, 2.24) is 35.7 Å². The molecule has 101 heavy (non-hydrogen) atoms. The van der Waals surface area contributed by atoms with Crippen LogP contribution in [0.15, 0.2) is 54.6 Å². The van der Waals surface area contributed by atoms with E-state index in [0.29, 0.717) is 60.9 Å². The van der Waals surface area contributed by atoms with Crippen molar-refractivity contribution in [2.24, 2.45) is 53.1 Å². The van der Waals surface area contributed by atoms with Crippen molar-refractivity contribution in [2.45, 2.75) is 221 Å². The Morgan fingerprint density at radius 2 is 1.33 bits per heavy atom. The van der Waals surface area contributed by atoms with Crippen molar-refractivity contribution in [2.75, 3.05) is 53.8 Å². The molecule has 2 fully saturated rings. The van der Waals surface area contributed by atoms with E-state index in [1.165, 1.54) is 24.0 Å². The second-order valence-corrected chi connectivity index (χ2v) is 27.9. The monoisotopic (exact) mass is 1420 g/mol. The van der Waals surface area contributed by atoms with E-state index < -0.39 is 89.7 Å². The highest BCUT2D eigenvalue weighted by molar-refractivity contribution is 6.02. The van der Waals surface area contributed by atoms with Crippen LogP contribution in [0, 0.1) is 47.3 Å². The number of benzene rings is 2. The van der Waals surface area contributed by atoms with Crippen LogP contribution in [0.25, 0.3) is 0 Å². The highest BCUT2D eigenvalue weighted by Gasteiger charge is 2.42. The van der Waals surface area contributed by atoms with E-state index in [9.17, 15) is 67.4 Å². The van der Waals surface area contributed by atoms with Crippen LogP contribution in [-0.4, -0.2) is 187 Å². The van der Waals surface area contributed by atoms with Crippen molar-refractivity contribution >= 4 is 82.7 Å². The minimum atomic E-state index is -1.09. The number of ketones is 2. The number of carbonyl (C=O) groups is 13. The molecule has 2 heterocycles. The number of Topliss-reactive ketones (excluding diaryl/α,β-unsaturated/α-hetero) is 2. The largest absolute Gasteiger partial charge is 0.480 e. The maximum Gasteiger partial charge on any atom is 0.410 e. The number of hydrogen-bond acceptors (Lipinski definition) is 17. The van der Waals surface area contributed by atoms with Gasteiger partial charge in [-0.05, 0) is 91.4 Å². The number of nitrogens with one attached hydrogen (secondary N) is 4. The van der Waals surface area contributed by atoms with Gasteiger partial charge in [0.1, 0.15) is 12.6 Å². The number of nitrogens with two attached hydrogens (primary N) is 1. The summed E-state index contributed by atoms with van der Waals surface area (Å²) in [6, 6.07) is 12.0. The molecule has 2 aromatic carbocycles. The van der Waals surface area contributed by atoms with E-state index in [1.807, 2.05) is 62.9 Å². The molecule has 11 atom stereocenters. The molecule has 0 unspecified atom stereocenters. The number of hydrogen-bond donors (Lipinski definition) is 6. The summed E-state index contributed by atoms with van der Waals surface area (Å²) in [7, 11) is 7.97. The van der Waals surface area contributed by atoms with Crippen LogP contribution in [0.4, 0.5) is 15.3 Å². The number of methoxy groups -OCH3 is 2. The molecule has 7 N–H and O–H groups in total. The molecule has 10 amide bonds. The zero-order valence-electron chi connectivity index (χ0n) is 62.2. The summed E-state index contributed by atoms with van der Waals surface area (Å²) in [4.78, 5) is 174. The van der Waals surface area contributed by atoms with E-state index in [0.717, 1.165) is 24.8 Å². The van der Waals surface area contributed by atoms with Crippen molar-refractivity contribution in [1.29, 1.82) is 0 Å². The summed E-state index contributed by atoms with van der Waals surface area (Å²) in [6.45, 7) is 19.8. The third kappa shape index (κ3) is 28.9. The van der Waals surface area contributed by atoms with Gasteiger partial charge in [0.15, 0.2) is 11.6 Å². The maximum atomic E-state index is 13.7. The Labute approximate surface area is 596 Å². The molecule has 2 aliphatic rings. The molecule has 0 aromatic heterocycles. The Morgan fingerprint density at radius 3 is 1.87 bits per heavy atom. The van der Waals surface area contributed by atoms with Gasteiger partial charge >= 0.3 is 24.1 Å². The number of carboxylic acids is 1. The van der Waals surface area contributed by atoms with E-state index >= 15 is 0 Å². The summed E-state index contributed by atoms with van der Waals surface area (Å²) in [6.07, 6.45) is 4.26. The van der Waals surface area contributed by atoms with E-state index in [4.69, 9.17) is 24.8 Å². The molecule has 27 nitrogen and oxygen atoms in total. The van der Waals surface area contributed by atoms with Crippen molar-refractivity contribution in [3.63, 3.8) is 0 Å². The fourth-order valence-electron chi connectivity index (χ4n) is 12.6. The van der Waals surface area contributed by atoms with Gasteiger partial charge in [-0.25, -0.2) is 19.2 Å². The van der Waals surface area contributed by atoms with Crippen LogP contribution in [0.1, 0.15) is 183 Å². The van der Waals surface area contributed by atoms with Gasteiger partial charge in [-0.1, -0.05) is 131 Å². The van der Waals surface area contributed by atoms with E-state index in [-0.39, 0.29) is 136 Å². The molecule has 27 heteroatoms. The highest BCUT2D eigenvalue weighted by Crippen LogP contribution is 2.31. The van der Waals surface area contributed by atoms with Crippen molar-refractivity contribution in [3.05, 3.63) is 65.7 Å². The predicted octanol–water partition coefficient (Wildman–Crippen LogP) is 8.18. The average molecular weight is 1420 g/mol. The number of likely N-dealkylation sites (N-methyl/N-ethyl adjacent to an activating group) is 1. The second kappa shape index (κ2) is 44.1. The van der Waals surface area contributed by atoms with E-state index in [2.05, 4.69) is 42.0 Å². The quantitative estimate of drug-likeness (QED) is 0.0269. The first kappa shape index (κ1) is 86.9. The predicted molar refractivity (Wildman–Crippen MR) is 378 cm³/mol. The summed E-state index contributed by atoms with van der Waals surface area (Å²) in [5, 5.41) is 21.0. The summed E-state index contributed by atoms with van der Waals surface area (Å²) in [5.74, 6) is -6.71. The Bertz CT molecular complexity index is 3040. The minimum Gasteiger partial charge on any atom is -0.480 e. The first-order valence-corrected chi connectivity index (χ1v) is 35.5. The topological polar surface area (TPSA) is 366 Å². The molecule has 564 valence electrons. The number of rotatable bonds is 42. The number of carboxylic acid groups (broad SMARTS) is 1. The zero-order chi connectivity index (χ0) is 75.8. The Hall–Kier alpha value is -8.33. The lowest BCUT2D eigenvalue weighted by molar-refractivity contribution is -0.197. The normalized spacial score (nSPS) is 16.6. The molecule has 2 aliphatic heterocycles. The maximum absolute atomic E-state index is 13.7. The summed E-state index contributed by atoms with van der Waals surface area (Å²) in [5.41, 5.74) is 7.04.